The van der Waals surface area contributed by atoms with E-state index in [-0.39, 0.29) is 16.9 Å². The predicted octanol–water partition coefficient (Wildman–Crippen LogP) is 5.72. The van der Waals surface area contributed by atoms with Gasteiger partial charge in [0.15, 0.2) is 0 Å². The van der Waals surface area contributed by atoms with Crippen molar-refractivity contribution < 1.29 is 8.78 Å². The van der Waals surface area contributed by atoms with Crippen molar-refractivity contribution in [3.8, 4) is 11.8 Å². The van der Waals surface area contributed by atoms with Crippen molar-refractivity contribution >= 4 is 22.3 Å². The molecule has 0 aliphatic rings. The number of aromatic nitrogens is 3. The Morgan fingerprint density at radius 2 is 1.88 bits per heavy atom. The maximum absolute atomic E-state index is 13.9. The van der Waals surface area contributed by atoms with Gasteiger partial charge in [-0.25, -0.2) is 18.7 Å². The molecule has 2 unspecified atom stereocenters. The van der Waals surface area contributed by atoms with Crippen LogP contribution in [-0.4, -0.2) is 20.2 Å². The first-order valence-corrected chi connectivity index (χ1v) is 10.9. The molecule has 2 aromatic heterocycles. The Kier molecular flexibility index (Phi) is 7.85. The smallest absolute Gasteiger partial charge is 0.266 e. The lowest BCUT2D eigenvalue weighted by molar-refractivity contribution is 0.621. The molecule has 3 rings (SSSR count). The van der Waals surface area contributed by atoms with Gasteiger partial charge in [-0.2, -0.15) is 0 Å². The maximum Gasteiger partial charge on any atom is 0.266 e. The summed E-state index contributed by atoms with van der Waals surface area (Å²) in [6.07, 6.45) is 6.54. The van der Waals surface area contributed by atoms with E-state index in [1.165, 1.54) is 34.9 Å². The van der Waals surface area contributed by atoms with Crippen molar-refractivity contribution in [3.05, 3.63) is 88.3 Å². The van der Waals surface area contributed by atoms with Crippen molar-refractivity contribution in [2.24, 2.45) is 10.9 Å². The third-order valence-electron chi connectivity index (χ3n) is 5.29. The van der Waals surface area contributed by atoms with E-state index in [4.69, 9.17) is 4.99 Å². The molecule has 0 fully saturated rings. The van der Waals surface area contributed by atoms with Crippen LogP contribution in [-0.2, 0) is 0 Å². The molecule has 2 atom stereocenters. The number of allylic oxidation sites excluding steroid dienone is 4. The number of rotatable bonds is 5. The number of hydrogen-bond donors (Lipinski definition) is 0. The quantitative estimate of drug-likeness (QED) is 0.278. The van der Waals surface area contributed by atoms with Crippen molar-refractivity contribution in [1.29, 1.82) is 0 Å². The van der Waals surface area contributed by atoms with Crippen LogP contribution < -0.4 is 5.56 Å². The van der Waals surface area contributed by atoms with E-state index < -0.39 is 17.7 Å². The molecular weight excluding hydrogens is 434 g/mol. The molecule has 0 N–H and O–H groups in total. The minimum Gasteiger partial charge on any atom is -0.282 e. The van der Waals surface area contributed by atoms with Crippen molar-refractivity contribution in [2.75, 3.05) is 0 Å². The summed E-state index contributed by atoms with van der Waals surface area (Å²) in [5, 5.41) is 0.200. The van der Waals surface area contributed by atoms with Gasteiger partial charge in [0.1, 0.15) is 29.2 Å². The molecule has 0 radical (unpaired) electrons. The van der Waals surface area contributed by atoms with Crippen LogP contribution in [0.3, 0.4) is 0 Å². The van der Waals surface area contributed by atoms with Crippen LogP contribution in [0.1, 0.15) is 52.2 Å². The first-order chi connectivity index (χ1) is 16.2. The minimum atomic E-state index is -0.497. The second-order valence-electron chi connectivity index (χ2n) is 7.78. The van der Waals surface area contributed by atoms with E-state index >= 15 is 0 Å². The molecule has 34 heavy (non-hydrogen) atoms. The Balaban J connectivity index is 2.06. The van der Waals surface area contributed by atoms with E-state index in [9.17, 15) is 13.6 Å². The zero-order valence-corrected chi connectivity index (χ0v) is 19.8. The average Bonchev–Trinajstić information content (AvgIpc) is 2.82. The fourth-order valence-electron chi connectivity index (χ4n) is 3.39. The van der Waals surface area contributed by atoms with Gasteiger partial charge >= 0.3 is 0 Å². The summed E-state index contributed by atoms with van der Waals surface area (Å²) in [5.41, 5.74) is 1.88. The second kappa shape index (κ2) is 10.8. The summed E-state index contributed by atoms with van der Waals surface area (Å²) < 4.78 is 28.4. The third-order valence-corrected chi connectivity index (χ3v) is 5.29. The first-order valence-electron chi connectivity index (χ1n) is 10.9. The number of nitrogens with zero attached hydrogens (tertiary/aromatic N) is 4. The molecule has 7 heteroatoms. The summed E-state index contributed by atoms with van der Waals surface area (Å²) in [6, 6.07) is 6.34. The van der Waals surface area contributed by atoms with Gasteiger partial charge in [0.05, 0.1) is 23.0 Å². The van der Waals surface area contributed by atoms with E-state index in [1.54, 1.807) is 12.2 Å². The Hall–Kier alpha value is -3.92. The summed E-state index contributed by atoms with van der Waals surface area (Å²) >= 11 is 0. The fourth-order valence-corrected chi connectivity index (χ4v) is 3.39. The molecular formula is C27H26F2N4O. The van der Waals surface area contributed by atoms with Gasteiger partial charge in [-0.1, -0.05) is 18.1 Å². The van der Waals surface area contributed by atoms with Crippen LogP contribution in [0, 0.1) is 29.4 Å². The number of halogens is 2. The number of aliphatic imine (C=N–C) groups is 1. The molecule has 0 saturated heterocycles. The molecule has 0 spiro atoms. The number of hydrogen-bond acceptors (Lipinski definition) is 4. The zero-order chi connectivity index (χ0) is 24.8. The number of benzene rings is 1. The molecule has 0 aliphatic carbocycles. The monoisotopic (exact) mass is 460 g/mol. The molecule has 2 heterocycles. The maximum atomic E-state index is 13.9. The van der Waals surface area contributed by atoms with Gasteiger partial charge in [0, 0.05) is 11.4 Å². The predicted molar refractivity (Wildman–Crippen MR) is 132 cm³/mol. The van der Waals surface area contributed by atoms with E-state index in [2.05, 4.69) is 21.8 Å². The van der Waals surface area contributed by atoms with Gasteiger partial charge < -0.3 is 0 Å². The second-order valence-corrected chi connectivity index (χ2v) is 7.78. The Morgan fingerprint density at radius 1 is 1.15 bits per heavy atom. The van der Waals surface area contributed by atoms with E-state index in [0.29, 0.717) is 22.7 Å². The molecule has 3 aromatic rings. The van der Waals surface area contributed by atoms with Gasteiger partial charge in [-0.3, -0.25) is 14.4 Å². The summed E-state index contributed by atoms with van der Waals surface area (Å²) in [5.74, 6) is 5.32. The van der Waals surface area contributed by atoms with Crippen molar-refractivity contribution in [1.82, 2.24) is 14.5 Å². The molecule has 5 nitrogen and oxygen atoms in total. The minimum absolute atomic E-state index is 0.200. The summed E-state index contributed by atoms with van der Waals surface area (Å²) in [6.45, 7) is 9.28. The molecule has 0 bridgehead atoms. The summed E-state index contributed by atoms with van der Waals surface area (Å²) in [7, 11) is 0. The Bertz CT molecular complexity index is 1410. The lowest BCUT2D eigenvalue weighted by Gasteiger charge is -2.18. The van der Waals surface area contributed by atoms with E-state index in [0.717, 1.165) is 11.9 Å². The summed E-state index contributed by atoms with van der Waals surface area (Å²) in [4.78, 5) is 26.7. The average molecular weight is 461 g/mol. The van der Waals surface area contributed by atoms with Crippen LogP contribution in [0.15, 0.2) is 64.5 Å². The molecule has 0 amide bonds. The van der Waals surface area contributed by atoms with Crippen LogP contribution in [0.2, 0.25) is 0 Å². The molecule has 174 valence electrons. The molecule has 0 saturated carbocycles. The lowest BCUT2D eigenvalue weighted by Crippen LogP contribution is -2.26. The molecule has 1 aromatic carbocycles. The normalized spacial score (nSPS) is 14.2. The highest BCUT2D eigenvalue weighted by Crippen LogP contribution is 2.22. The first kappa shape index (κ1) is 24.7. The van der Waals surface area contributed by atoms with Gasteiger partial charge in [-0.15, -0.1) is 0 Å². The third kappa shape index (κ3) is 5.52. The van der Waals surface area contributed by atoms with Crippen molar-refractivity contribution in [2.45, 2.75) is 40.7 Å². The van der Waals surface area contributed by atoms with Gasteiger partial charge in [-0.05, 0) is 76.9 Å². The highest BCUT2D eigenvalue weighted by Gasteiger charge is 2.19. The van der Waals surface area contributed by atoms with Crippen LogP contribution in [0.5, 0.6) is 0 Å². The zero-order valence-electron chi connectivity index (χ0n) is 19.8. The highest BCUT2D eigenvalue weighted by atomic mass is 19.1. The van der Waals surface area contributed by atoms with Crippen molar-refractivity contribution in [3.63, 3.8) is 0 Å². The highest BCUT2D eigenvalue weighted by molar-refractivity contribution is 5.87. The lowest BCUT2D eigenvalue weighted by atomic mass is 10.1. The van der Waals surface area contributed by atoms with E-state index in [1.807, 2.05) is 40.7 Å². The number of pyridine rings is 1. The fraction of sp³-hybridized carbons (Fsp3) is 0.259. The standard InChI is InChI=1S/C27H26F2N4O/c1-6-8-23(7-2)33-26(32-25-14-11-20(28)15-24(25)27(33)34)19(5)31-18(4)17(3)9-12-22-13-10-21(29)16-30-22/h6-8,10-11,13-17,19H,1-5H3. The van der Waals surface area contributed by atoms with Gasteiger partial charge in [0.2, 0.25) is 0 Å². The van der Waals surface area contributed by atoms with Crippen LogP contribution >= 0.6 is 0 Å². The number of fused-ring (bicyclic) bond motifs is 1. The van der Waals surface area contributed by atoms with Gasteiger partial charge in [0.25, 0.3) is 5.56 Å². The largest absolute Gasteiger partial charge is 0.282 e. The Labute approximate surface area is 197 Å². The van der Waals surface area contributed by atoms with Crippen LogP contribution in [0.4, 0.5) is 8.78 Å². The Morgan fingerprint density at radius 3 is 2.53 bits per heavy atom. The SMILES string of the molecule is CC=CC(=CC)n1c(C(C)N=C(C)C(C)C#Cc2ccc(F)cn2)nc2ccc(F)cc2c1=O. The van der Waals surface area contributed by atoms with Crippen LogP contribution in [0.25, 0.3) is 16.6 Å². The molecule has 0 aliphatic heterocycles. The topological polar surface area (TPSA) is 60.1 Å².